The lowest BCUT2D eigenvalue weighted by atomic mass is 10.0. The summed E-state index contributed by atoms with van der Waals surface area (Å²) in [5.41, 5.74) is 0.809. The minimum atomic E-state index is -0.583. The molecule has 0 atom stereocenters. The van der Waals surface area contributed by atoms with Gasteiger partial charge in [-0.1, -0.05) is 11.6 Å². The average Bonchev–Trinajstić information content (AvgIpc) is 2.88. The zero-order valence-electron chi connectivity index (χ0n) is 19.0. The molecule has 5 heterocycles. The fourth-order valence-electron chi connectivity index (χ4n) is 4.61. The summed E-state index contributed by atoms with van der Waals surface area (Å²) in [6.07, 6.45) is 8.52. The van der Waals surface area contributed by atoms with Crippen molar-refractivity contribution in [3.63, 3.8) is 0 Å². The van der Waals surface area contributed by atoms with E-state index in [1.807, 2.05) is 0 Å². The van der Waals surface area contributed by atoms with E-state index in [0.29, 0.717) is 54.7 Å². The largest absolute Gasteiger partial charge is 0.381 e. The first kappa shape index (κ1) is 22.9. The number of fused-ring (bicyclic) bond motifs is 1. The second-order valence-electron chi connectivity index (χ2n) is 8.77. The maximum atomic E-state index is 12.9. The molecule has 0 unspecified atom stereocenters. The molecule has 0 aliphatic carbocycles. The molecule has 0 bridgehead atoms. The van der Waals surface area contributed by atoms with Crippen molar-refractivity contribution in [2.45, 2.75) is 44.4 Å². The Morgan fingerprint density at radius 3 is 2.44 bits per heavy atom. The Bertz CT molecular complexity index is 1280. The summed E-state index contributed by atoms with van der Waals surface area (Å²) in [6.45, 7) is 3.32. The van der Waals surface area contributed by atoms with Gasteiger partial charge in [0.15, 0.2) is 5.65 Å². The third-order valence-corrected chi connectivity index (χ3v) is 6.77. The van der Waals surface area contributed by atoms with E-state index in [2.05, 4.69) is 19.9 Å². The molecule has 0 spiro atoms. The molecule has 11 heteroatoms. The zero-order chi connectivity index (χ0) is 23.7. The molecule has 180 valence electrons. The molecule has 2 fully saturated rings. The van der Waals surface area contributed by atoms with Gasteiger partial charge in [-0.2, -0.15) is 0 Å². The molecular formula is C23H27ClN6O4. The fraction of sp³-hybridized carbons (Fsp3) is 0.522. The number of hydrogen-bond donors (Lipinski definition) is 0. The van der Waals surface area contributed by atoms with Gasteiger partial charge >= 0.3 is 11.1 Å². The van der Waals surface area contributed by atoms with Gasteiger partial charge in [0, 0.05) is 63.5 Å². The number of aryl methyl sites for hydroxylation is 1. The van der Waals surface area contributed by atoms with Crippen LogP contribution in [0.3, 0.4) is 0 Å². The highest BCUT2D eigenvalue weighted by Crippen LogP contribution is 2.26. The summed E-state index contributed by atoms with van der Waals surface area (Å²) in [4.78, 5) is 40.9. The van der Waals surface area contributed by atoms with Gasteiger partial charge in [-0.15, -0.1) is 0 Å². The van der Waals surface area contributed by atoms with Crippen LogP contribution >= 0.6 is 11.6 Å². The van der Waals surface area contributed by atoms with Crippen molar-refractivity contribution in [3.05, 3.63) is 56.0 Å². The number of pyridine rings is 1. The van der Waals surface area contributed by atoms with Gasteiger partial charge in [0.05, 0.1) is 23.3 Å². The Morgan fingerprint density at radius 2 is 1.74 bits per heavy atom. The number of rotatable bonds is 5. The Hall–Kier alpha value is -2.82. The summed E-state index contributed by atoms with van der Waals surface area (Å²) in [6, 6.07) is 1.53. The van der Waals surface area contributed by atoms with Crippen molar-refractivity contribution >= 4 is 28.7 Å². The van der Waals surface area contributed by atoms with E-state index in [1.54, 1.807) is 25.5 Å². The SMILES string of the molecule is Cn1c(=O)c(=O)n(C2CCN(c3ncc(COC4CCOCC4)cn3)CC2)c2ncc(Cl)cc21. The third-order valence-electron chi connectivity index (χ3n) is 6.57. The van der Waals surface area contributed by atoms with Crippen LogP contribution < -0.4 is 16.0 Å². The molecule has 2 aliphatic heterocycles. The molecule has 34 heavy (non-hydrogen) atoms. The van der Waals surface area contributed by atoms with E-state index < -0.39 is 11.1 Å². The molecule has 3 aromatic rings. The number of aromatic nitrogens is 5. The van der Waals surface area contributed by atoms with Gasteiger partial charge < -0.3 is 18.9 Å². The number of hydrogen-bond acceptors (Lipinski definition) is 8. The van der Waals surface area contributed by atoms with Gasteiger partial charge in [-0.25, -0.2) is 15.0 Å². The summed E-state index contributed by atoms with van der Waals surface area (Å²) >= 11 is 6.08. The maximum absolute atomic E-state index is 12.9. The molecule has 2 aliphatic rings. The fourth-order valence-corrected chi connectivity index (χ4v) is 4.76. The minimum Gasteiger partial charge on any atom is -0.381 e. The van der Waals surface area contributed by atoms with Crippen molar-refractivity contribution in [2.75, 3.05) is 31.2 Å². The van der Waals surface area contributed by atoms with E-state index in [4.69, 9.17) is 21.1 Å². The van der Waals surface area contributed by atoms with E-state index in [-0.39, 0.29) is 12.1 Å². The highest BCUT2D eigenvalue weighted by molar-refractivity contribution is 6.31. The van der Waals surface area contributed by atoms with Crippen LogP contribution in [0.5, 0.6) is 0 Å². The van der Waals surface area contributed by atoms with Gasteiger partial charge in [0.2, 0.25) is 5.95 Å². The summed E-state index contributed by atoms with van der Waals surface area (Å²) < 4.78 is 14.1. The quantitative estimate of drug-likeness (QED) is 0.505. The van der Waals surface area contributed by atoms with Crippen molar-refractivity contribution < 1.29 is 9.47 Å². The van der Waals surface area contributed by atoms with Gasteiger partial charge in [0.25, 0.3) is 0 Å². The van der Waals surface area contributed by atoms with Crippen molar-refractivity contribution in [1.82, 2.24) is 24.1 Å². The maximum Gasteiger partial charge on any atom is 0.318 e. The number of anilines is 1. The molecule has 0 saturated carbocycles. The molecule has 3 aromatic heterocycles. The van der Waals surface area contributed by atoms with Crippen LogP contribution in [0.4, 0.5) is 5.95 Å². The van der Waals surface area contributed by atoms with E-state index in [0.717, 1.165) is 31.6 Å². The van der Waals surface area contributed by atoms with Crippen LogP contribution in [0.15, 0.2) is 34.2 Å². The lowest BCUT2D eigenvalue weighted by Crippen LogP contribution is -2.45. The van der Waals surface area contributed by atoms with Crippen LogP contribution in [0.25, 0.3) is 11.2 Å². The van der Waals surface area contributed by atoms with Gasteiger partial charge in [-0.3, -0.25) is 14.2 Å². The molecule has 0 radical (unpaired) electrons. The van der Waals surface area contributed by atoms with E-state index in [9.17, 15) is 9.59 Å². The Balaban J connectivity index is 1.27. The first-order chi connectivity index (χ1) is 16.5. The first-order valence-electron chi connectivity index (χ1n) is 11.5. The van der Waals surface area contributed by atoms with Crippen LogP contribution in [0.2, 0.25) is 5.02 Å². The number of piperidine rings is 1. The molecule has 0 N–H and O–H groups in total. The standard InChI is InChI=1S/C23H27ClN6O4/c1-28-19-10-16(24)13-25-20(19)30(22(32)21(28)31)17-2-6-29(7-3-17)23-26-11-15(12-27-23)14-34-18-4-8-33-9-5-18/h10-13,17-18H,2-9,14H2,1H3. The highest BCUT2D eigenvalue weighted by Gasteiger charge is 2.26. The smallest absolute Gasteiger partial charge is 0.318 e. The Kier molecular flexibility index (Phi) is 6.62. The number of halogens is 1. The molecular weight excluding hydrogens is 460 g/mol. The molecule has 0 amide bonds. The van der Waals surface area contributed by atoms with Crippen molar-refractivity contribution in [2.24, 2.45) is 7.05 Å². The predicted molar refractivity (Wildman–Crippen MR) is 127 cm³/mol. The van der Waals surface area contributed by atoms with Crippen LogP contribution in [0, 0.1) is 0 Å². The Labute approximate surface area is 201 Å². The zero-order valence-corrected chi connectivity index (χ0v) is 19.8. The molecule has 2 saturated heterocycles. The van der Waals surface area contributed by atoms with Crippen molar-refractivity contribution in [3.8, 4) is 0 Å². The predicted octanol–water partition coefficient (Wildman–Crippen LogP) is 2.08. The first-order valence-corrected chi connectivity index (χ1v) is 11.9. The number of nitrogens with zero attached hydrogens (tertiary/aromatic N) is 6. The lowest BCUT2D eigenvalue weighted by molar-refractivity contribution is -0.0391. The van der Waals surface area contributed by atoms with Crippen LogP contribution in [-0.2, 0) is 23.1 Å². The minimum absolute atomic E-state index is 0.138. The van der Waals surface area contributed by atoms with Crippen LogP contribution in [-0.4, -0.2) is 56.5 Å². The second-order valence-corrected chi connectivity index (χ2v) is 9.20. The Morgan fingerprint density at radius 1 is 1.03 bits per heavy atom. The van der Waals surface area contributed by atoms with Crippen LogP contribution in [0.1, 0.15) is 37.3 Å². The monoisotopic (exact) mass is 486 g/mol. The van der Waals surface area contributed by atoms with E-state index in [1.165, 1.54) is 15.3 Å². The summed E-state index contributed by atoms with van der Waals surface area (Å²) in [5, 5.41) is 0.418. The van der Waals surface area contributed by atoms with Crippen molar-refractivity contribution in [1.29, 1.82) is 0 Å². The highest BCUT2D eigenvalue weighted by atomic mass is 35.5. The lowest BCUT2D eigenvalue weighted by Gasteiger charge is -2.33. The normalized spacial score (nSPS) is 18.0. The second kappa shape index (κ2) is 9.81. The molecule has 5 rings (SSSR count). The average molecular weight is 487 g/mol. The number of ether oxygens (including phenoxy) is 2. The van der Waals surface area contributed by atoms with E-state index >= 15 is 0 Å². The molecule has 10 nitrogen and oxygen atoms in total. The third kappa shape index (κ3) is 4.57. The molecule has 0 aromatic carbocycles. The van der Waals surface area contributed by atoms with Gasteiger partial charge in [0.1, 0.15) is 0 Å². The summed E-state index contributed by atoms with van der Waals surface area (Å²) in [7, 11) is 1.56. The topological polar surface area (TPSA) is 104 Å². The summed E-state index contributed by atoms with van der Waals surface area (Å²) in [5.74, 6) is 0.652. The van der Waals surface area contributed by atoms with Gasteiger partial charge in [-0.05, 0) is 31.7 Å².